The van der Waals surface area contributed by atoms with Crippen LogP contribution in [0.3, 0.4) is 0 Å². The van der Waals surface area contributed by atoms with Gasteiger partial charge in [0, 0.05) is 54.7 Å². The standard InChI is InChI=1S/C32H34F4N6O6S/c1-19-14-22(11-12-37-19)47-21-8-9-25(24(33)16-21)39-30(43)40-29-17-28(31(2,3)4)41-42(29)20-7-10-27(26(15-20)48-32(34,35)36)49(44,45)38-18-23-6-5-13-46-23/h7-12,14-17,23,38H,5-6,13,18H2,1-4H3,(H2,39,40,43). The first-order valence-corrected chi connectivity index (χ1v) is 16.6. The lowest BCUT2D eigenvalue weighted by atomic mass is 9.92. The quantitative estimate of drug-likeness (QED) is 0.153. The molecule has 3 heterocycles. The summed E-state index contributed by atoms with van der Waals surface area (Å²) in [7, 11) is -4.47. The van der Waals surface area contributed by atoms with Crippen molar-refractivity contribution in [2.75, 3.05) is 23.8 Å². The highest BCUT2D eigenvalue weighted by atomic mass is 32.2. The van der Waals surface area contributed by atoms with Crippen molar-refractivity contribution in [2.24, 2.45) is 0 Å². The van der Waals surface area contributed by atoms with Crippen LogP contribution in [0.15, 0.2) is 65.7 Å². The van der Waals surface area contributed by atoms with Crippen molar-refractivity contribution in [2.45, 2.75) is 63.3 Å². The van der Waals surface area contributed by atoms with Crippen LogP contribution in [-0.4, -0.2) is 54.8 Å². The predicted octanol–water partition coefficient (Wildman–Crippen LogP) is 6.80. The monoisotopic (exact) mass is 706 g/mol. The number of carbonyl (C=O) groups excluding carboxylic acids is 1. The smallest absolute Gasteiger partial charge is 0.457 e. The molecule has 12 nitrogen and oxygen atoms in total. The average Bonchev–Trinajstić information content (AvgIpc) is 3.67. The Labute approximate surface area is 279 Å². The van der Waals surface area contributed by atoms with E-state index >= 15 is 0 Å². The molecule has 0 aliphatic carbocycles. The van der Waals surface area contributed by atoms with Crippen molar-refractivity contribution in [3.05, 3.63) is 78.0 Å². The molecule has 5 rings (SSSR count). The predicted molar refractivity (Wildman–Crippen MR) is 171 cm³/mol. The van der Waals surface area contributed by atoms with Gasteiger partial charge in [0.1, 0.15) is 28.0 Å². The van der Waals surface area contributed by atoms with E-state index in [2.05, 4.69) is 30.2 Å². The molecule has 4 aromatic rings. The molecule has 17 heteroatoms. The van der Waals surface area contributed by atoms with Gasteiger partial charge in [-0.3, -0.25) is 10.3 Å². The zero-order valence-electron chi connectivity index (χ0n) is 26.9. The summed E-state index contributed by atoms with van der Waals surface area (Å²) in [5, 5.41) is 9.40. The summed E-state index contributed by atoms with van der Waals surface area (Å²) in [6, 6.07) is 10.7. The molecular formula is C32H34F4N6O6S. The Bertz CT molecular complexity index is 1940. The number of pyridine rings is 1. The number of nitrogens with zero attached hydrogens (tertiary/aromatic N) is 3. The SMILES string of the molecule is Cc1cc(Oc2ccc(NC(=O)Nc3cc(C(C)(C)C)nn3-c3ccc(S(=O)(=O)NCC4CCCO4)c(OC(F)(F)F)c3)c(F)c2)ccn1. The molecule has 262 valence electrons. The maximum Gasteiger partial charge on any atom is 0.573 e. The van der Waals surface area contributed by atoms with Crippen LogP contribution >= 0.6 is 0 Å². The van der Waals surface area contributed by atoms with Gasteiger partial charge in [-0.05, 0) is 50.1 Å². The molecule has 2 aromatic carbocycles. The number of aromatic nitrogens is 3. The lowest BCUT2D eigenvalue weighted by Gasteiger charge is -2.17. The zero-order valence-corrected chi connectivity index (χ0v) is 27.7. The van der Waals surface area contributed by atoms with E-state index in [9.17, 15) is 30.8 Å². The summed E-state index contributed by atoms with van der Waals surface area (Å²) in [5.74, 6) is -1.22. The molecule has 0 saturated carbocycles. The van der Waals surface area contributed by atoms with Crippen molar-refractivity contribution < 1.29 is 45.0 Å². The van der Waals surface area contributed by atoms with E-state index in [4.69, 9.17) is 9.47 Å². The number of urea groups is 1. The second-order valence-electron chi connectivity index (χ2n) is 12.2. The number of sulfonamides is 1. The maximum absolute atomic E-state index is 15.0. The van der Waals surface area contributed by atoms with E-state index in [1.54, 1.807) is 25.3 Å². The minimum absolute atomic E-state index is 0.0130. The van der Waals surface area contributed by atoms with E-state index in [0.29, 0.717) is 30.2 Å². The summed E-state index contributed by atoms with van der Waals surface area (Å²) >= 11 is 0. The molecule has 1 unspecified atom stereocenters. The second-order valence-corrected chi connectivity index (χ2v) is 13.9. The molecule has 0 spiro atoms. The topological polar surface area (TPSA) is 146 Å². The van der Waals surface area contributed by atoms with Crippen LogP contribution in [0.2, 0.25) is 0 Å². The van der Waals surface area contributed by atoms with Gasteiger partial charge in [-0.25, -0.2) is 27.0 Å². The molecule has 1 fully saturated rings. The van der Waals surface area contributed by atoms with Gasteiger partial charge in [-0.1, -0.05) is 20.8 Å². The molecule has 2 aromatic heterocycles. The van der Waals surface area contributed by atoms with Gasteiger partial charge < -0.3 is 19.5 Å². The first-order valence-electron chi connectivity index (χ1n) is 15.1. The van der Waals surface area contributed by atoms with Gasteiger partial charge in [0.05, 0.1) is 23.2 Å². The summed E-state index contributed by atoms with van der Waals surface area (Å²) in [6.45, 7) is 7.57. The normalized spacial score (nSPS) is 15.2. The van der Waals surface area contributed by atoms with Crippen LogP contribution < -0.4 is 24.8 Å². The fourth-order valence-electron chi connectivity index (χ4n) is 4.82. The van der Waals surface area contributed by atoms with E-state index < -0.39 is 50.4 Å². The molecule has 3 N–H and O–H groups in total. The highest BCUT2D eigenvalue weighted by Gasteiger charge is 2.35. The van der Waals surface area contributed by atoms with Gasteiger partial charge in [-0.2, -0.15) is 5.10 Å². The zero-order chi connectivity index (χ0) is 35.6. The number of amides is 2. The Morgan fingerprint density at radius 2 is 1.80 bits per heavy atom. The number of nitrogens with one attached hydrogen (secondary N) is 3. The van der Waals surface area contributed by atoms with Crippen LogP contribution in [0.4, 0.5) is 33.9 Å². The minimum atomic E-state index is -5.24. The summed E-state index contributed by atoms with van der Waals surface area (Å²) < 4.78 is 100. The highest BCUT2D eigenvalue weighted by molar-refractivity contribution is 7.89. The number of benzene rings is 2. The lowest BCUT2D eigenvalue weighted by molar-refractivity contribution is -0.275. The average molecular weight is 707 g/mol. The van der Waals surface area contributed by atoms with Crippen molar-refractivity contribution in [1.29, 1.82) is 0 Å². The van der Waals surface area contributed by atoms with Gasteiger partial charge in [0.2, 0.25) is 10.0 Å². The lowest BCUT2D eigenvalue weighted by Crippen LogP contribution is -2.32. The second kappa shape index (κ2) is 14.0. The summed E-state index contributed by atoms with van der Waals surface area (Å²) in [6.07, 6.45) is -2.76. The highest BCUT2D eigenvalue weighted by Crippen LogP contribution is 2.34. The van der Waals surface area contributed by atoms with Crippen LogP contribution in [0.5, 0.6) is 17.2 Å². The molecule has 1 saturated heterocycles. The summed E-state index contributed by atoms with van der Waals surface area (Å²) in [4.78, 5) is 16.4. The molecule has 2 amide bonds. The van der Waals surface area contributed by atoms with Gasteiger partial charge >= 0.3 is 12.4 Å². The Kier molecular flexibility index (Phi) is 10.2. The van der Waals surface area contributed by atoms with E-state index in [1.165, 1.54) is 24.3 Å². The largest absolute Gasteiger partial charge is 0.573 e. The molecular weight excluding hydrogens is 672 g/mol. The number of hydrogen-bond donors (Lipinski definition) is 3. The van der Waals surface area contributed by atoms with E-state index in [-0.39, 0.29) is 29.5 Å². The third kappa shape index (κ3) is 9.24. The first kappa shape index (κ1) is 35.6. The van der Waals surface area contributed by atoms with Crippen LogP contribution in [0, 0.1) is 12.7 Å². The number of ether oxygens (including phenoxy) is 3. The molecule has 1 atom stereocenters. The number of aryl methyl sites for hydroxylation is 1. The van der Waals surface area contributed by atoms with Gasteiger partial charge in [0.15, 0.2) is 5.75 Å². The van der Waals surface area contributed by atoms with Gasteiger partial charge in [-0.15, -0.1) is 13.2 Å². The van der Waals surface area contributed by atoms with Crippen molar-refractivity contribution in [3.8, 4) is 22.9 Å². The Balaban J connectivity index is 1.41. The molecule has 1 aliphatic heterocycles. The number of anilines is 2. The van der Waals surface area contributed by atoms with Crippen molar-refractivity contribution >= 4 is 27.6 Å². The fourth-order valence-corrected chi connectivity index (χ4v) is 6.00. The molecule has 0 radical (unpaired) electrons. The third-order valence-corrected chi connectivity index (χ3v) is 8.69. The van der Waals surface area contributed by atoms with E-state index in [0.717, 1.165) is 29.3 Å². The van der Waals surface area contributed by atoms with Crippen molar-refractivity contribution in [3.63, 3.8) is 0 Å². The summed E-state index contributed by atoms with van der Waals surface area (Å²) in [5.41, 5.74) is 0.281. The molecule has 49 heavy (non-hydrogen) atoms. The first-order chi connectivity index (χ1) is 23.0. The number of alkyl halides is 3. The number of halogens is 4. The third-order valence-electron chi connectivity index (χ3n) is 7.22. The van der Waals surface area contributed by atoms with Crippen LogP contribution in [0.1, 0.15) is 45.0 Å². The Morgan fingerprint density at radius 3 is 2.45 bits per heavy atom. The maximum atomic E-state index is 15.0. The fraction of sp³-hybridized carbons (Fsp3) is 0.344. The number of carbonyl (C=O) groups is 1. The van der Waals surface area contributed by atoms with E-state index in [1.807, 2.05) is 20.8 Å². The number of hydrogen-bond acceptors (Lipinski definition) is 8. The number of rotatable bonds is 10. The van der Waals surface area contributed by atoms with Crippen LogP contribution in [0.25, 0.3) is 5.69 Å². The van der Waals surface area contributed by atoms with Gasteiger partial charge in [0.25, 0.3) is 0 Å². The Hall–Kier alpha value is -4.74. The Morgan fingerprint density at radius 1 is 1.04 bits per heavy atom. The molecule has 0 bridgehead atoms. The van der Waals surface area contributed by atoms with Crippen molar-refractivity contribution in [1.82, 2.24) is 19.5 Å². The van der Waals surface area contributed by atoms with Crippen LogP contribution in [-0.2, 0) is 20.2 Å². The molecule has 1 aliphatic rings. The minimum Gasteiger partial charge on any atom is -0.457 e.